The van der Waals surface area contributed by atoms with Crippen LogP contribution in [-0.2, 0) is 15.3 Å². The van der Waals surface area contributed by atoms with E-state index in [1.807, 2.05) is 0 Å². The molecule has 9 heteroatoms. The zero-order valence-electron chi connectivity index (χ0n) is 15.1. The molecule has 0 aliphatic heterocycles. The predicted molar refractivity (Wildman–Crippen MR) is 98.6 cm³/mol. The highest BCUT2D eigenvalue weighted by Crippen LogP contribution is 2.43. The van der Waals surface area contributed by atoms with Crippen molar-refractivity contribution in [3.8, 4) is 0 Å². The van der Waals surface area contributed by atoms with E-state index in [0.29, 0.717) is 30.0 Å². The van der Waals surface area contributed by atoms with Gasteiger partial charge in [-0.2, -0.15) is 13.2 Å². The Balaban J connectivity index is 2.17. The number of aryl methyl sites for hydroxylation is 1. The number of rotatable bonds is 4. The summed E-state index contributed by atoms with van der Waals surface area (Å²) in [4.78, 5) is 11.8. The normalized spacial score (nSPS) is 14.3. The lowest BCUT2D eigenvalue weighted by molar-refractivity contribution is -0.0375. The van der Waals surface area contributed by atoms with E-state index in [4.69, 9.17) is 4.18 Å². The molecule has 0 radical (unpaired) electrons. The summed E-state index contributed by atoms with van der Waals surface area (Å²) in [6.07, 6.45) is 1.10. The minimum absolute atomic E-state index is 0.0333. The zero-order valence-corrected chi connectivity index (χ0v) is 15.9. The third kappa shape index (κ3) is 4.90. The van der Waals surface area contributed by atoms with E-state index in [1.165, 1.54) is 31.4 Å². The summed E-state index contributed by atoms with van der Waals surface area (Å²) in [5.74, 6) is -2.44. The van der Waals surface area contributed by atoms with Gasteiger partial charge < -0.3 is 8.92 Å². The number of allylic oxidation sites excluding steroid dienone is 1. The van der Waals surface area contributed by atoms with Crippen LogP contribution in [0.2, 0.25) is 0 Å². The van der Waals surface area contributed by atoms with Crippen LogP contribution >= 0.6 is 12.0 Å². The molecule has 0 aromatic heterocycles. The lowest BCUT2D eigenvalue weighted by Crippen LogP contribution is -2.05. The molecule has 2 aromatic carbocycles. The van der Waals surface area contributed by atoms with Crippen molar-refractivity contribution in [3.05, 3.63) is 70.3 Å². The van der Waals surface area contributed by atoms with E-state index in [-0.39, 0.29) is 28.9 Å². The summed E-state index contributed by atoms with van der Waals surface area (Å²) in [7, 11) is 1.22. The van der Waals surface area contributed by atoms with Gasteiger partial charge in [0, 0.05) is 22.8 Å². The van der Waals surface area contributed by atoms with E-state index < -0.39 is 35.2 Å². The summed E-state index contributed by atoms with van der Waals surface area (Å²) in [6, 6.07) is 7.24. The van der Waals surface area contributed by atoms with E-state index in [1.54, 1.807) is 0 Å². The van der Waals surface area contributed by atoms with Crippen LogP contribution in [0.5, 0.6) is 0 Å². The van der Waals surface area contributed by atoms with Crippen LogP contribution in [-0.4, -0.2) is 18.6 Å². The number of esters is 1. The van der Waals surface area contributed by atoms with E-state index in [0.717, 1.165) is 6.07 Å². The van der Waals surface area contributed by atoms with Crippen LogP contribution < -0.4 is 0 Å². The number of ether oxygens (including phenoxy) is 1. The van der Waals surface area contributed by atoms with Gasteiger partial charge in [-0.05, 0) is 49.1 Å². The quantitative estimate of drug-likeness (QED) is 0.332. The van der Waals surface area contributed by atoms with Crippen LogP contribution in [0.15, 0.2) is 36.4 Å². The maximum atomic E-state index is 14.4. The number of methoxy groups -OCH3 is 1. The number of halogens is 5. The van der Waals surface area contributed by atoms with Gasteiger partial charge in [-0.25, -0.2) is 13.6 Å². The maximum Gasteiger partial charge on any atom is 0.479 e. The first-order chi connectivity index (χ1) is 13.7. The lowest BCUT2D eigenvalue weighted by Gasteiger charge is -2.17. The van der Waals surface area contributed by atoms with Gasteiger partial charge >= 0.3 is 11.5 Å². The molecule has 1 aliphatic rings. The van der Waals surface area contributed by atoms with Crippen molar-refractivity contribution in [2.45, 2.75) is 24.8 Å². The molecule has 0 bridgehead atoms. The smallest absolute Gasteiger partial charge is 0.465 e. The molecule has 3 rings (SSSR count). The molecule has 0 unspecified atom stereocenters. The molecule has 2 aromatic rings. The number of carbonyl (C=O) groups excluding carboxylic acids is 1. The standard InChI is InChI=1S/C20H15F5O3S/c1-27-19(26)12-5-7-14-11(9-12)3-2-4-16(18(14)28-29-20(23,24)25)15-8-6-13(21)10-17(15)22/h5-10H,2-4H2,1H3. The van der Waals surface area contributed by atoms with Gasteiger partial charge in [-0.3, -0.25) is 0 Å². The molecule has 29 heavy (non-hydrogen) atoms. The van der Waals surface area contributed by atoms with Crippen molar-refractivity contribution >= 4 is 29.3 Å². The number of fused-ring (bicyclic) bond motifs is 1. The molecule has 0 saturated carbocycles. The number of alkyl halides is 3. The van der Waals surface area contributed by atoms with Gasteiger partial charge in [-0.1, -0.05) is 6.07 Å². The Labute approximate surface area is 167 Å². The van der Waals surface area contributed by atoms with Gasteiger partial charge in [0.1, 0.15) is 17.4 Å². The highest BCUT2D eigenvalue weighted by molar-refractivity contribution is 7.95. The molecular weight excluding hydrogens is 415 g/mol. The maximum absolute atomic E-state index is 14.4. The first kappa shape index (κ1) is 21.2. The van der Waals surface area contributed by atoms with Gasteiger partial charge in [0.15, 0.2) is 12.0 Å². The van der Waals surface area contributed by atoms with Gasteiger partial charge in [-0.15, -0.1) is 0 Å². The summed E-state index contributed by atoms with van der Waals surface area (Å²) in [6.45, 7) is 0. The fraction of sp³-hybridized carbons (Fsp3) is 0.250. The number of benzene rings is 2. The Morgan fingerprint density at radius 1 is 1.03 bits per heavy atom. The van der Waals surface area contributed by atoms with Crippen LogP contribution in [0.4, 0.5) is 22.0 Å². The third-order valence-electron chi connectivity index (χ3n) is 4.39. The van der Waals surface area contributed by atoms with Crippen molar-refractivity contribution in [2.24, 2.45) is 0 Å². The first-order valence-electron chi connectivity index (χ1n) is 8.52. The monoisotopic (exact) mass is 430 g/mol. The topological polar surface area (TPSA) is 35.5 Å². The van der Waals surface area contributed by atoms with Crippen molar-refractivity contribution in [3.63, 3.8) is 0 Å². The molecule has 0 spiro atoms. The Morgan fingerprint density at radius 2 is 1.76 bits per heavy atom. The third-order valence-corrected chi connectivity index (χ3v) is 4.83. The molecule has 154 valence electrons. The molecule has 0 N–H and O–H groups in total. The molecule has 1 aliphatic carbocycles. The second-order valence-corrected chi connectivity index (χ2v) is 7.06. The fourth-order valence-corrected chi connectivity index (χ4v) is 3.54. The second kappa shape index (κ2) is 8.44. The SMILES string of the molecule is COC(=O)c1ccc2c(c1)CCCC(c1ccc(F)cc1F)=C2OSC(F)(F)F. The summed E-state index contributed by atoms with van der Waals surface area (Å²) in [5.41, 5.74) is -3.39. The highest BCUT2D eigenvalue weighted by atomic mass is 32.2. The van der Waals surface area contributed by atoms with Crippen LogP contribution in [0.1, 0.15) is 39.9 Å². The number of hydrogen-bond donors (Lipinski definition) is 0. The summed E-state index contributed by atoms with van der Waals surface area (Å²) >= 11 is -0.711. The number of carbonyl (C=O) groups is 1. The van der Waals surface area contributed by atoms with Crippen LogP contribution in [0.25, 0.3) is 11.3 Å². The highest BCUT2D eigenvalue weighted by Gasteiger charge is 2.34. The van der Waals surface area contributed by atoms with Gasteiger partial charge in [0.2, 0.25) is 0 Å². The molecular formula is C20H15F5O3S. The molecule has 0 amide bonds. The second-order valence-electron chi connectivity index (χ2n) is 6.26. The van der Waals surface area contributed by atoms with E-state index in [2.05, 4.69) is 4.74 Å². The van der Waals surface area contributed by atoms with Crippen molar-refractivity contribution < 1.29 is 35.7 Å². The minimum Gasteiger partial charge on any atom is -0.465 e. The zero-order chi connectivity index (χ0) is 21.2. The lowest BCUT2D eigenvalue weighted by atomic mass is 9.97. The molecule has 0 saturated heterocycles. The molecule has 0 fully saturated rings. The van der Waals surface area contributed by atoms with Crippen molar-refractivity contribution in [1.29, 1.82) is 0 Å². The number of hydrogen-bond acceptors (Lipinski definition) is 4. The molecule has 3 nitrogen and oxygen atoms in total. The predicted octanol–water partition coefficient (Wildman–Crippen LogP) is 6.14. The first-order valence-corrected chi connectivity index (χ1v) is 9.26. The average Bonchev–Trinajstić information content (AvgIpc) is 2.83. The molecule has 0 heterocycles. The van der Waals surface area contributed by atoms with Crippen molar-refractivity contribution in [2.75, 3.05) is 7.11 Å². The van der Waals surface area contributed by atoms with Crippen LogP contribution in [0, 0.1) is 11.6 Å². The van der Waals surface area contributed by atoms with Crippen LogP contribution in [0.3, 0.4) is 0 Å². The Kier molecular flexibility index (Phi) is 6.16. The largest absolute Gasteiger partial charge is 0.479 e. The Bertz CT molecular complexity index is 969. The Hall–Kier alpha value is -2.55. The summed E-state index contributed by atoms with van der Waals surface area (Å²) < 4.78 is 75.8. The van der Waals surface area contributed by atoms with Crippen molar-refractivity contribution in [1.82, 2.24) is 0 Å². The minimum atomic E-state index is -4.68. The van der Waals surface area contributed by atoms with E-state index >= 15 is 0 Å². The van der Waals surface area contributed by atoms with E-state index in [9.17, 15) is 26.7 Å². The van der Waals surface area contributed by atoms with Gasteiger partial charge in [0.05, 0.1) is 12.7 Å². The van der Waals surface area contributed by atoms with Gasteiger partial charge in [0.25, 0.3) is 0 Å². The fourth-order valence-electron chi connectivity index (χ4n) is 3.17. The Morgan fingerprint density at radius 3 is 2.41 bits per heavy atom. The average molecular weight is 430 g/mol. The summed E-state index contributed by atoms with van der Waals surface area (Å²) in [5, 5.41) is 0. The molecule has 0 atom stereocenters.